The molecule has 0 aromatic rings. The SMILES string of the molecule is CC12CC3CC(CC(C3)C1)C2.CC1C2CC3CC(C2)CC1C3.CC1CC1.CC1CCC1.CC1CCCC1.CC1CCCCC1.CC1CCCCCC1.CC1CCCCCCC1.CC1CCCCCCCCCCCCCCCCCCC1. The summed E-state index contributed by atoms with van der Waals surface area (Å²) in [5.74, 6) is 16.4. The Kier molecular flexibility index (Phi) is 39.4. The first-order valence-electron chi connectivity index (χ1n) is 39.8. The Morgan fingerprint density at radius 3 is 0.524 bits per heavy atom. The van der Waals surface area contributed by atoms with E-state index in [0.29, 0.717) is 0 Å². The van der Waals surface area contributed by atoms with Gasteiger partial charge in [0.25, 0.3) is 0 Å². The summed E-state index contributed by atoms with van der Waals surface area (Å²) in [4.78, 5) is 0. The van der Waals surface area contributed by atoms with Crippen LogP contribution < -0.4 is 0 Å². The van der Waals surface area contributed by atoms with Crippen LogP contribution in [0, 0.1) is 94.2 Å². The topological polar surface area (TPSA) is 0 Å². The van der Waals surface area contributed by atoms with Crippen molar-refractivity contribution in [3.63, 3.8) is 0 Å². The number of hydrogen-bond donors (Lipinski definition) is 0. The van der Waals surface area contributed by atoms with Gasteiger partial charge in [-0.05, 0) is 165 Å². The van der Waals surface area contributed by atoms with Gasteiger partial charge >= 0.3 is 0 Å². The molecule has 0 heteroatoms. The summed E-state index contributed by atoms with van der Waals surface area (Å²) < 4.78 is 0. The number of rotatable bonds is 0. The van der Waals surface area contributed by atoms with E-state index in [1.807, 2.05) is 0 Å². The van der Waals surface area contributed by atoms with Gasteiger partial charge in [-0.2, -0.15) is 0 Å². The predicted octanol–water partition coefficient (Wildman–Crippen LogP) is 28.7. The van der Waals surface area contributed by atoms with Gasteiger partial charge in [0, 0.05) is 0 Å². The minimum atomic E-state index is 0.800. The molecule has 0 amide bonds. The second kappa shape index (κ2) is 44.4. The van der Waals surface area contributed by atoms with Crippen molar-refractivity contribution in [2.45, 2.75) is 428 Å². The van der Waals surface area contributed by atoms with Crippen molar-refractivity contribution < 1.29 is 0 Å². The molecule has 0 aliphatic heterocycles. The van der Waals surface area contributed by atoms with Gasteiger partial charge < -0.3 is 0 Å². The first kappa shape index (κ1) is 72.7. The Morgan fingerprint density at radius 2 is 0.354 bits per heavy atom. The second-order valence-electron chi connectivity index (χ2n) is 34.1. The summed E-state index contributed by atoms with van der Waals surface area (Å²) >= 11 is 0. The van der Waals surface area contributed by atoms with Gasteiger partial charge in [0.2, 0.25) is 0 Å². The molecule has 15 aliphatic carbocycles. The van der Waals surface area contributed by atoms with Gasteiger partial charge in [-0.15, -0.1) is 0 Å². The molecule has 0 N–H and O–H groups in total. The fraction of sp³-hybridized carbons (Fsp3) is 1.00. The maximum absolute atomic E-state index is 2.54. The highest BCUT2D eigenvalue weighted by molar-refractivity contribution is 4.99. The third-order valence-electron chi connectivity index (χ3n) is 24.8. The zero-order valence-corrected chi connectivity index (χ0v) is 58.5. The third kappa shape index (κ3) is 34.7. The highest BCUT2D eigenvalue weighted by Gasteiger charge is 2.48. The van der Waals surface area contributed by atoms with E-state index in [1.54, 1.807) is 70.6 Å². The molecule has 0 atom stereocenters. The quantitative estimate of drug-likeness (QED) is 0.212. The maximum Gasteiger partial charge on any atom is -0.0318 e. The average molecular weight is 1140 g/mol. The molecule has 8 bridgehead atoms. The van der Waals surface area contributed by atoms with E-state index >= 15 is 0 Å². The summed E-state index contributed by atoms with van der Waals surface area (Å²) in [6.45, 7) is 21.6. The average Bonchev–Trinajstić information content (AvgIpc) is 2.99. The molecule has 0 radical (unpaired) electrons. The Bertz CT molecular complexity index is 1330. The smallest absolute Gasteiger partial charge is 0.0318 e. The van der Waals surface area contributed by atoms with Gasteiger partial charge in [0.15, 0.2) is 0 Å². The van der Waals surface area contributed by atoms with Crippen LogP contribution in [0.3, 0.4) is 0 Å². The molecule has 0 spiro atoms. The largest absolute Gasteiger partial charge is 0.0625 e. The van der Waals surface area contributed by atoms with Crippen molar-refractivity contribution in [3.05, 3.63) is 0 Å². The van der Waals surface area contributed by atoms with Crippen LogP contribution in [0.2, 0.25) is 0 Å². The lowest BCUT2D eigenvalue weighted by Gasteiger charge is -2.55. The summed E-state index contributed by atoms with van der Waals surface area (Å²) in [5.41, 5.74) is 0.800. The molecular weight excluding hydrogens is 985 g/mol. The summed E-state index contributed by atoms with van der Waals surface area (Å²) in [5, 5.41) is 0. The van der Waals surface area contributed by atoms with E-state index in [1.165, 1.54) is 295 Å². The van der Waals surface area contributed by atoms with Crippen molar-refractivity contribution in [2.75, 3.05) is 0 Å². The summed E-state index contributed by atoms with van der Waals surface area (Å²) in [7, 11) is 0. The predicted molar refractivity (Wildman–Crippen MR) is 369 cm³/mol. The third-order valence-corrected chi connectivity index (χ3v) is 24.8. The molecule has 0 aromatic heterocycles. The molecule has 484 valence electrons. The Balaban J connectivity index is 0.000000176. The second-order valence-corrected chi connectivity index (χ2v) is 34.1. The van der Waals surface area contributed by atoms with Gasteiger partial charge in [-0.1, -0.05) is 358 Å². The van der Waals surface area contributed by atoms with E-state index in [9.17, 15) is 0 Å². The standard InChI is InChI=1S/C21H42.2C11H18.C9H18.C8H16.C7H14.C6H12.C5H10.C4H8/c1-21-19-17-15-13-11-9-7-5-3-2-4-6-8-10-12-14-16-18-20-21;1-11-5-8-2-9(6-11)4-10(3-8)7-11;1-7-10-3-8-2-9(5-10)6-11(7)4-8;1-9-7-5-3-2-4-6-8-9;1-8-6-4-2-3-5-7-8;1-7-5-3-2-4-6-7;1-6-4-2-3-5-6;1-5-3-2-4-5;1-4-2-3-4/h21H,2-20H2,1H3;8-10H,2-7H2,1H3;7-11H,2-6H2,1H3;9H,2-8H2,1H3;8H,2-7H2,1H3;7H,2-6H2,1H3;6H,2-5H2,1H3;5H,2-4H2,1H3;4H,2-3H2,1H3. The first-order chi connectivity index (χ1) is 39.8. The molecule has 15 rings (SSSR count). The lowest BCUT2D eigenvalue weighted by molar-refractivity contribution is -0.0411. The van der Waals surface area contributed by atoms with Gasteiger partial charge in [0.05, 0.1) is 0 Å². The minimum absolute atomic E-state index is 0.800. The van der Waals surface area contributed by atoms with E-state index < -0.39 is 0 Å². The van der Waals surface area contributed by atoms with Crippen LogP contribution in [0.4, 0.5) is 0 Å². The lowest BCUT2D eigenvalue weighted by atomic mass is 9.50. The Labute approximate surface area is 519 Å². The molecule has 15 fully saturated rings. The summed E-state index contributed by atoms with van der Waals surface area (Å²) in [6, 6.07) is 0. The Morgan fingerprint density at radius 1 is 0.183 bits per heavy atom. The molecule has 15 saturated carbocycles. The highest BCUT2D eigenvalue weighted by Crippen LogP contribution is 2.60. The zero-order chi connectivity index (χ0) is 58.5. The van der Waals surface area contributed by atoms with Crippen molar-refractivity contribution in [2.24, 2.45) is 94.2 Å². The fourth-order valence-electron chi connectivity index (χ4n) is 18.9. The van der Waals surface area contributed by atoms with E-state index in [-0.39, 0.29) is 0 Å². The highest BCUT2D eigenvalue weighted by atomic mass is 14.5. The first-order valence-corrected chi connectivity index (χ1v) is 39.8. The molecule has 0 saturated heterocycles. The van der Waals surface area contributed by atoms with Crippen LogP contribution in [0.25, 0.3) is 0 Å². The van der Waals surface area contributed by atoms with Crippen LogP contribution in [-0.4, -0.2) is 0 Å². The van der Waals surface area contributed by atoms with Crippen molar-refractivity contribution in [3.8, 4) is 0 Å². The maximum atomic E-state index is 2.54. The lowest BCUT2D eigenvalue weighted by Crippen LogP contribution is -2.44. The van der Waals surface area contributed by atoms with E-state index in [2.05, 4.69) is 62.3 Å². The number of hydrogen-bond acceptors (Lipinski definition) is 0. The van der Waals surface area contributed by atoms with E-state index in [0.717, 1.165) is 94.2 Å². The fourth-order valence-corrected chi connectivity index (χ4v) is 18.9. The Hall–Kier alpha value is 0. The molecule has 0 heterocycles. The molecule has 0 nitrogen and oxygen atoms in total. The molecule has 0 unspecified atom stereocenters. The van der Waals surface area contributed by atoms with Crippen molar-refractivity contribution in [1.29, 1.82) is 0 Å². The molecule has 82 heavy (non-hydrogen) atoms. The van der Waals surface area contributed by atoms with Gasteiger partial charge in [0.1, 0.15) is 0 Å². The van der Waals surface area contributed by atoms with Crippen LogP contribution in [0.15, 0.2) is 0 Å². The van der Waals surface area contributed by atoms with Crippen LogP contribution >= 0.6 is 0 Å². The zero-order valence-electron chi connectivity index (χ0n) is 58.5. The molecule has 0 aromatic carbocycles. The minimum Gasteiger partial charge on any atom is -0.0625 e. The van der Waals surface area contributed by atoms with E-state index in [4.69, 9.17) is 0 Å². The normalized spacial score (nSPS) is 34.5. The molecule has 15 aliphatic rings. The van der Waals surface area contributed by atoms with Gasteiger partial charge in [-0.25, -0.2) is 0 Å². The van der Waals surface area contributed by atoms with Crippen LogP contribution in [-0.2, 0) is 0 Å². The van der Waals surface area contributed by atoms with Crippen molar-refractivity contribution >= 4 is 0 Å². The van der Waals surface area contributed by atoms with Crippen molar-refractivity contribution in [1.82, 2.24) is 0 Å². The summed E-state index contributed by atoms with van der Waals surface area (Å²) in [6.07, 6.45) is 86.0. The van der Waals surface area contributed by atoms with Crippen LogP contribution in [0.5, 0.6) is 0 Å². The van der Waals surface area contributed by atoms with Gasteiger partial charge in [-0.3, -0.25) is 0 Å². The monoisotopic (exact) mass is 1140 g/mol. The molecular formula is C82H156. The van der Waals surface area contributed by atoms with Crippen LogP contribution in [0.1, 0.15) is 428 Å².